The molecule has 0 bridgehead atoms. The normalized spacial score (nSPS) is 15.9. The number of benzene rings is 1. The summed E-state index contributed by atoms with van der Waals surface area (Å²) in [5.74, 6) is 1.68. The Labute approximate surface area is 200 Å². The van der Waals surface area contributed by atoms with Crippen molar-refractivity contribution >= 4 is 41.3 Å². The van der Waals surface area contributed by atoms with E-state index in [0.717, 1.165) is 68.2 Å². The average molecular weight is 545 g/mol. The van der Waals surface area contributed by atoms with Gasteiger partial charge in [0.15, 0.2) is 5.96 Å². The smallest absolute Gasteiger partial charge is 0.191 e. The van der Waals surface area contributed by atoms with E-state index < -0.39 is 0 Å². The fraction of sp³-hybridized carbons (Fsp3) is 0.524. The first-order valence-corrected chi connectivity index (χ1v) is 10.9. The molecule has 1 atom stereocenters. The second kappa shape index (κ2) is 13.1. The molecule has 1 unspecified atom stereocenters. The number of nitrogens with zero attached hydrogens (tertiary/aromatic N) is 3. The summed E-state index contributed by atoms with van der Waals surface area (Å²) in [5, 5.41) is 10.1. The predicted molar refractivity (Wildman–Crippen MR) is 133 cm³/mol. The van der Waals surface area contributed by atoms with Gasteiger partial charge >= 0.3 is 0 Å². The second-order valence-electron chi connectivity index (χ2n) is 6.93. The van der Waals surface area contributed by atoms with Crippen molar-refractivity contribution in [3.63, 3.8) is 0 Å². The highest BCUT2D eigenvalue weighted by molar-refractivity contribution is 14.0. The highest BCUT2D eigenvalue weighted by Crippen LogP contribution is 2.23. The number of halogens is 1. The van der Waals surface area contributed by atoms with Gasteiger partial charge in [0.25, 0.3) is 0 Å². The minimum atomic E-state index is 0. The molecule has 1 aromatic heterocycles. The molecule has 30 heavy (non-hydrogen) atoms. The van der Waals surface area contributed by atoms with Gasteiger partial charge in [0, 0.05) is 45.0 Å². The zero-order chi connectivity index (χ0) is 20.5. The molecule has 2 N–H and O–H groups in total. The van der Waals surface area contributed by atoms with Crippen LogP contribution < -0.4 is 15.4 Å². The van der Waals surface area contributed by atoms with Crippen LogP contribution in [0.4, 0.5) is 0 Å². The van der Waals surface area contributed by atoms with E-state index in [0.29, 0.717) is 0 Å². The number of hydrogen-bond acceptors (Lipinski definition) is 6. The number of aromatic nitrogens is 1. The van der Waals surface area contributed by atoms with Gasteiger partial charge in [0.2, 0.25) is 0 Å². The Hall–Kier alpha value is -1.43. The molecule has 166 valence electrons. The van der Waals surface area contributed by atoms with Gasteiger partial charge in [0.1, 0.15) is 5.75 Å². The van der Waals surface area contributed by atoms with Gasteiger partial charge in [-0.15, -0.1) is 35.3 Å². The van der Waals surface area contributed by atoms with E-state index in [-0.39, 0.29) is 30.0 Å². The van der Waals surface area contributed by atoms with Crippen molar-refractivity contribution in [3.05, 3.63) is 45.9 Å². The van der Waals surface area contributed by atoms with Crippen LogP contribution in [-0.2, 0) is 11.2 Å². The van der Waals surface area contributed by atoms with E-state index in [4.69, 9.17) is 9.47 Å². The van der Waals surface area contributed by atoms with Crippen LogP contribution >= 0.6 is 35.3 Å². The Morgan fingerprint density at radius 2 is 2.00 bits per heavy atom. The van der Waals surface area contributed by atoms with Crippen LogP contribution in [0.2, 0.25) is 0 Å². The second-order valence-corrected chi connectivity index (χ2v) is 7.99. The minimum absolute atomic E-state index is 0. The van der Waals surface area contributed by atoms with Gasteiger partial charge in [-0.2, -0.15) is 0 Å². The van der Waals surface area contributed by atoms with Gasteiger partial charge in [-0.25, -0.2) is 4.98 Å². The third-order valence-electron chi connectivity index (χ3n) is 5.01. The molecule has 0 radical (unpaired) electrons. The highest BCUT2D eigenvalue weighted by atomic mass is 127. The first-order valence-electron chi connectivity index (χ1n) is 10.0. The SMILES string of the molecule is CN=C(NCCc1csc(C)n1)NCC(c1ccc(OC)cc1)N1CCOCC1.I. The van der Waals surface area contributed by atoms with Crippen molar-refractivity contribution in [1.82, 2.24) is 20.5 Å². The number of morpholine rings is 1. The third-order valence-corrected chi connectivity index (χ3v) is 5.84. The summed E-state index contributed by atoms with van der Waals surface area (Å²) >= 11 is 1.69. The van der Waals surface area contributed by atoms with Crippen LogP contribution in [0.15, 0.2) is 34.6 Å². The number of methoxy groups -OCH3 is 1. The molecule has 1 aromatic carbocycles. The molecule has 1 aliphatic rings. The van der Waals surface area contributed by atoms with Crippen molar-refractivity contribution in [2.45, 2.75) is 19.4 Å². The maximum absolute atomic E-state index is 5.54. The number of ether oxygens (including phenoxy) is 2. The zero-order valence-corrected chi connectivity index (χ0v) is 21.0. The fourth-order valence-corrected chi connectivity index (χ4v) is 4.07. The monoisotopic (exact) mass is 545 g/mol. The predicted octanol–water partition coefficient (Wildman–Crippen LogP) is 2.86. The van der Waals surface area contributed by atoms with Gasteiger partial charge in [0.05, 0.1) is 37.1 Å². The Balaban J connectivity index is 0.00000320. The van der Waals surface area contributed by atoms with E-state index >= 15 is 0 Å². The lowest BCUT2D eigenvalue weighted by molar-refractivity contribution is 0.0170. The molecule has 7 nitrogen and oxygen atoms in total. The minimum Gasteiger partial charge on any atom is -0.497 e. The Morgan fingerprint density at radius 3 is 2.60 bits per heavy atom. The fourth-order valence-electron chi connectivity index (χ4n) is 3.42. The molecule has 0 saturated carbocycles. The van der Waals surface area contributed by atoms with Gasteiger partial charge in [-0.3, -0.25) is 9.89 Å². The molecule has 0 amide bonds. The van der Waals surface area contributed by atoms with E-state index in [1.807, 2.05) is 19.1 Å². The van der Waals surface area contributed by atoms with E-state index in [9.17, 15) is 0 Å². The highest BCUT2D eigenvalue weighted by Gasteiger charge is 2.23. The van der Waals surface area contributed by atoms with Crippen molar-refractivity contribution in [2.24, 2.45) is 4.99 Å². The molecule has 2 aromatic rings. The summed E-state index contributed by atoms with van der Waals surface area (Å²) in [6.45, 7) is 6.99. The zero-order valence-electron chi connectivity index (χ0n) is 17.9. The summed E-state index contributed by atoms with van der Waals surface area (Å²) in [4.78, 5) is 11.3. The number of aryl methyl sites for hydroxylation is 1. The Morgan fingerprint density at radius 1 is 1.27 bits per heavy atom. The van der Waals surface area contributed by atoms with Gasteiger partial charge in [-0.1, -0.05) is 12.1 Å². The van der Waals surface area contributed by atoms with Crippen LogP contribution in [0.1, 0.15) is 22.3 Å². The van der Waals surface area contributed by atoms with E-state index in [1.54, 1.807) is 25.5 Å². The van der Waals surface area contributed by atoms with Crippen molar-refractivity contribution in [3.8, 4) is 5.75 Å². The molecule has 1 saturated heterocycles. The number of aliphatic imine (C=N–C) groups is 1. The number of nitrogens with one attached hydrogen (secondary N) is 2. The molecule has 0 aliphatic carbocycles. The number of hydrogen-bond donors (Lipinski definition) is 2. The molecule has 0 spiro atoms. The van der Waals surface area contributed by atoms with Gasteiger partial charge < -0.3 is 20.1 Å². The van der Waals surface area contributed by atoms with Crippen molar-refractivity contribution in [1.29, 1.82) is 0 Å². The van der Waals surface area contributed by atoms with Crippen LogP contribution in [0.25, 0.3) is 0 Å². The van der Waals surface area contributed by atoms with Crippen LogP contribution in [0, 0.1) is 6.92 Å². The van der Waals surface area contributed by atoms with Crippen LogP contribution in [0.5, 0.6) is 5.75 Å². The van der Waals surface area contributed by atoms with Crippen molar-refractivity contribution in [2.75, 3.05) is 53.6 Å². The molecular weight excluding hydrogens is 513 g/mol. The summed E-state index contributed by atoms with van der Waals surface area (Å²) in [6.07, 6.45) is 0.885. The van der Waals surface area contributed by atoms with Gasteiger partial charge in [-0.05, 0) is 24.6 Å². The lowest BCUT2D eigenvalue weighted by Crippen LogP contribution is -2.46. The largest absolute Gasteiger partial charge is 0.497 e. The molecule has 1 aliphatic heterocycles. The van der Waals surface area contributed by atoms with E-state index in [1.165, 1.54) is 5.56 Å². The molecule has 9 heteroatoms. The number of rotatable bonds is 8. The average Bonchev–Trinajstić information content (AvgIpc) is 3.18. The Bertz CT molecular complexity index is 778. The molecule has 3 rings (SSSR count). The quantitative estimate of drug-likeness (QED) is 0.302. The standard InChI is InChI=1S/C21H31N5O2S.HI/c1-16-25-18(15-29-16)8-9-23-21(22-2)24-14-20(26-10-12-28-13-11-26)17-4-6-19(27-3)7-5-17;/h4-7,15,20H,8-14H2,1-3H3,(H2,22,23,24);1H. The van der Waals surface area contributed by atoms with Crippen molar-refractivity contribution < 1.29 is 9.47 Å². The summed E-state index contributed by atoms with van der Waals surface area (Å²) in [6, 6.07) is 8.56. The lowest BCUT2D eigenvalue weighted by Gasteiger charge is -2.35. The number of thiazole rings is 1. The summed E-state index contributed by atoms with van der Waals surface area (Å²) < 4.78 is 10.9. The molecular formula is C21H32IN5O2S. The Kier molecular flexibility index (Phi) is 10.8. The first-order chi connectivity index (χ1) is 14.2. The molecule has 2 heterocycles. The van der Waals surface area contributed by atoms with Crippen LogP contribution in [-0.4, -0.2) is 69.4 Å². The number of guanidine groups is 1. The molecule has 1 fully saturated rings. The first kappa shape index (κ1) is 24.8. The third kappa shape index (κ3) is 7.36. The maximum atomic E-state index is 5.54. The van der Waals surface area contributed by atoms with E-state index in [2.05, 4.69) is 43.0 Å². The summed E-state index contributed by atoms with van der Waals surface area (Å²) in [5.41, 5.74) is 2.38. The summed E-state index contributed by atoms with van der Waals surface area (Å²) in [7, 11) is 3.50. The maximum Gasteiger partial charge on any atom is 0.191 e. The topological polar surface area (TPSA) is 71.0 Å². The lowest BCUT2D eigenvalue weighted by atomic mass is 10.0. The van der Waals surface area contributed by atoms with Crippen LogP contribution in [0.3, 0.4) is 0 Å².